The number of thiazole rings is 1. The SMILES string of the molecule is CNCC(=O)CCc1cccnc1N(C)C(=O)OC(C)[n+]1cnn(C[C@@](C)(c2cc(C)ccc2C)[C@H](C)c2nc(-c3ccc(C#N)cc3)cs2)c1. The van der Waals surface area contributed by atoms with Crippen LogP contribution in [0.25, 0.3) is 11.3 Å². The molecule has 12 heteroatoms. The molecule has 0 fully saturated rings. The maximum atomic E-state index is 13.3. The van der Waals surface area contributed by atoms with Crippen LogP contribution in [0.4, 0.5) is 10.6 Å². The van der Waals surface area contributed by atoms with Gasteiger partial charge in [-0.1, -0.05) is 55.8 Å². The molecular formula is C39H45N8O3S+. The van der Waals surface area contributed by atoms with Crippen LogP contribution in [0, 0.1) is 25.2 Å². The summed E-state index contributed by atoms with van der Waals surface area (Å²) in [5.74, 6) is 0.551. The quantitative estimate of drug-likeness (QED) is 0.131. The number of carbonyl (C=O) groups excluding carboxylic acids is 2. The first kappa shape index (κ1) is 37.0. The minimum Gasteiger partial charge on any atom is -0.412 e. The summed E-state index contributed by atoms with van der Waals surface area (Å²) < 4.78 is 9.52. The molecular weight excluding hydrogens is 661 g/mol. The van der Waals surface area contributed by atoms with E-state index in [1.54, 1.807) is 55.5 Å². The number of nitrogens with one attached hydrogen (secondary N) is 1. The van der Waals surface area contributed by atoms with Crippen molar-refractivity contribution in [2.75, 3.05) is 25.5 Å². The van der Waals surface area contributed by atoms with E-state index in [1.807, 2.05) is 41.3 Å². The zero-order chi connectivity index (χ0) is 36.7. The number of carbonyl (C=O) groups is 2. The maximum absolute atomic E-state index is 13.3. The highest BCUT2D eigenvalue weighted by Gasteiger charge is 2.40. The van der Waals surface area contributed by atoms with Crippen LogP contribution in [-0.4, -0.2) is 52.3 Å². The Balaban J connectivity index is 1.35. The third kappa shape index (κ3) is 8.56. The summed E-state index contributed by atoms with van der Waals surface area (Å²) in [5, 5.41) is 19.9. The Morgan fingerprint density at radius 3 is 2.65 bits per heavy atom. The number of rotatable bonds is 14. The van der Waals surface area contributed by atoms with Crippen LogP contribution in [0.2, 0.25) is 0 Å². The van der Waals surface area contributed by atoms with Gasteiger partial charge in [0.05, 0.1) is 28.9 Å². The van der Waals surface area contributed by atoms with Gasteiger partial charge in [0.1, 0.15) is 18.1 Å². The molecule has 1 unspecified atom stereocenters. The van der Waals surface area contributed by atoms with E-state index in [2.05, 4.69) is 67.6 Å². The van der Waals surface area contributed by atoms with Crippen LogP contribution >= 0.6 is 11.3 Å². The van der Waals surface area contributed by atoms with Crippen LogP contribution < -0.4 is 14.8 Å². The minimum atomic E-state index is -0.656. The number of benzene rings is 2. The van der Waals surface area contributed by atoms with Gasteiger partial charge < -0.3 is 10.1 Å². The number of aryl methyl sites for hydroxylation is 3. The van der Waals surface area contributed by atoms with E-state index in [9.17, 15) is 14.9 Å². The van der Waals surface area contributed by atoms with Crippen molar-refractivity contribution in [3.63, 3.8) is 0 Å². The summed E-state index contributed by atoms with van der Waals surface area (Å²) in [6.07, 6.45) is 4.72. The molecule has 264 valence electrons. The Morgan fingerprint density at radius 2 is 1.92 bits per heavy atom. The fourth-order valence-electron chi connectivity index (χ4n) is 6.22. The van der Waals surface area contributed by atoms with Gasteiger partial charge in [0.15, 0.2) is 0 Å². The predicted octanol–water partition coefficient (Wildman–Crippen LogP) is 6.45. The largest absolute Gasteiger partial charge is 0.418 e. The van der Waals surface area contributed by atoms with Crippen LogP contribution in [0.3, 0.4) is 0 Å². The van der Waals surface area contributed by atoms with Gasteiger partial charge in [-0.25, -0.2) is 14.8 Å². The molecule has 3 atom stereocenters. The molecule has 0 bridgehead atoms. The number of ketones is 1. The van der Waals surface area contributed by atoms with Crippen LogP contribution in [-0.2, 0) is 27.9 Å². The second-order valence-corrected chi connectivity index (χ2v) is 14.1. The van der Waals surface area contributed by atoms with Crippen LogP contribution in [0.5, 0.6) is 0 Å². The van der Waals surface area contributed by atoms with E-state index < -0.39 is 17.7 Å². The summed E-state index contributed by atoms with van der Waals surface area (Å²) in [6.45, 7) is 11.3. The summed E-state index contributed by atoms with van der Waals surface area (Å²) in [4.78, 5) is 36.3. The number of ether oxygens (including phenoxy) is 1. The van der Waals surface area contributed by atoms with Crippen molar-refractivity contribution in [2.24, 2.45) is 0 Å². The first-order valence-electron chi connectivity index (χ1n) is 16.9. The molecule has 0 saturated heterocycles. The average Bonchev–Trinajstić information content (AvgIpc) is 3.82. The van der Waals surface area contributed by atoms with Gasteiger partial charge in [0, 0.05) is 54.0 Å². The zero-order valence-electron chi connectivity index (χ0n) is 30.3. The van der Waals surface area contributed by atoms with E-state index in [1.165, 1.54) is 21.6 Å². The normalized spacial score (nSPS) is 13.5. The first-order valence-corrected chi connectivity index (χ1v) is 17.8. The molecule has 0 aliphatic heterocycles. The average molecular weight is 706 g/mol. The van der Waals surface area contributed by atoms with Gasteiger partial charge in [-0.3, -0.25) is 9.69 Å². The Kier molecular flexibility index (Phi) is 11.7. The number of likely N-dealkylation sites (N-methyl/N-ethyl adjacent to an activating group) is 1. The number of pyridine rings is 1. The minimum absolute atomic E-state index is 0.0118. The van der Waals surface area contributed by atoms with Crippen molar-refractivity contribution >= 4 is 29.0 Å². The standard InChI is InChI=1S/C39H45N8O3S/c1-26-10-11-27(2)34(19-26)39(5,28(3)37-44-35(22-51-37)31-14-12-30(20-40)13-15-31)23-47-25-46(24-43-47)29(4)50-38(49)45(7)36-32(9-8-18-42-36)16-17-33(48)21-41-6/h8-15,18-19,22,24-25,28-29,41H,16-17,21,23H2,1-7H3/q+1/t28-,29?,39-/m1/s1. The van der Waals surface area contributed by atoms with E-state index >= 15 is 0 Å². The van der Waals surface area contributed by atoms with Gasteiger partial charge in [-0.15, -0.1) is 16.0 Å². The fraction of sp³-hybridized carbons (Fsp3) is 0.359. The summed E-state index contributed by atoms with van der Waals surface area (Å²) in [5.41, 5.74) is 6.42. The Bertz CT molecular complexity index is 2030. The second kappa shape index (κ2) is 16.2. The summed E-state index contributed by atoms with van der Waals surface area (Å²) in [6, 6.07) is 19.9. The van der Waals surface area contributed by atoms with E-state index in [4.69, 9.17) is 14.8 Å². The highest BCUT2D eigenvalue weighted by Crippen LogP contribution is 2.43. The molecule has 11 nitrogen and oxygen atoms in total. The third-order valence-corrected chi connectivity index (χ3v) is 10.5. The molecule has 51 heavy (non-hydrogen) atoms. The molecule has 0 aliphatic rings. The highest BCUT2D eigenvalue weighted by atomic mass is 32.1. The predicted molar refractivity (Wildman–Crippen MR) is 197 cm³/mol. The lowest BCUT2D eigenvalue weighted by atomic mass is 9.70. The molecule has 3 heterocycles. The van der Waals surface area contributed by atoms with Gasteiger partial charge in [-0.2, -0.15) is 9.83 Å². The lowest BCUT2D eigenvalue weighted by Crippen LogP contribution is -2.42. The van der Waals surface area contributed by atoms with Crippen LogP contribution in [0.1, 0.15) is 72.2 Å². The van der Waals surface area contributed by atoms with Crippen molar-refractivity contribution < 1.29 is 18.9 Å². The molecule has 5 aromatic rings. The number of aromatic nitrogens is 5. The number of nitriles is 1. The number of hydrogen-bond acceptors (Lipinski definition) is 9. The Labute approximate surface area is 303 Å². The van der Waals surface area contributed by atoms with E-state index in [0.717, 1.165) is 21.8 Å². The lowest BCUT2D eigenvalue weighted by Gasteiger charge is -2.35. The number of Topliss-reactive ketones (excluding diaryl/α,β-unsaturated/α-hetero) is 1. The summed E-state index contributed by atoms with van der Waals surface area (Å²) in [7, 11) is 3.36. The van der Waals surface area contributed by atoms with Gasteiger partial charge >= 0.3 is 6.09 Å². The maximum Gasteiger partial charge on any atom is 0.418 e. The molecule has 0 saturated carbocycles. The summed E-state index contributed by atoms with van der Waals surface area (Å²) >= 11 is 1.63. The highest BCUT2D eigenvalue weighted by molar-refractivity contribution is 7.10. The van der Waals surface area contributed by atoms with Crippen molar-refractivity contribution in [3.05, 3.63) is 112 Å². The number of nitrogens with zero attached hydrogens (tertiary/aromatic N) is 7. The molecule has 1 amide bonds. The fourth-order valence-corrected chi connectivity index (χ4v) is 7.25. The van der Waals surface area contributed by atoms with Gasteiger partial charge in [-0.05, 0) is 62.2 Å². The molecule has 0 spiro atoms. The molecule has 3 aromatic heterocycles. The number of anilines is 1. The molecule has 2 aromatic carbocycles. The van der Waals surface area contributed by atoms with Gasteiger partial charge in [0.25, 0.3) is 6.33 Å². The van der Waals surface area contributed by atoms with Crippen molar-refractivity contribution in [3.8, 4) is 17.3 Å². The Hall–Kier alpha value is -5.25. The van der Waals surface area contributed by atoms with Crippen molar-refractivity contribution in [1.29, 1.82) is 5.26 Å². The Morgan fingerprint density at radius 1 is 1.16 bits per heavy atom. The topological polar surface area (TPSA) is 130 Å². The molecule has 0 radical (unpaired) electrons. The van der Waals surface area contributed by atoms with Gasteiger partial charge in [0.2, 0.25) is 12.6 Å². The van der Waals surface area contributed by atoms with E-state index in [0.29, 0.717) is 37.3 Å². The lowest BCUT2D eigenvalue weighted by molar-refractivity contribution is -0.753. The molecule has 5 rings (SSSR count). The third-order valence-electron chi connectivity index (χ3n) is 9.45. The van der Waals surface area contributed by atoms with Crippen LogP contribution in [0.15, 0.2) is 78.8 Å². The number of hydrogen-bond donors (Lipinski definition) is 1. The van der Waals surface area contributed by atoms with E-state index in [-0.39, 0.29) is 11.7 Å². The number of amides is 1. The van der Waals surface area contributed by atoms with Crippen molar-refractivity contribution in [1.82, 2.24) is 25.1 Å². The smallest absolute Gasteiger partial charge is 0.412 e. The molecule has 0 aliphatic carbocycles. The first-order chi connectivity index (χ1) is 24.4. The zero-order valence-corrected chi connectivity index (χ0v) is 31.1. The second-order valence-electron chi connectivity index (χ2n) is 13.2. The molecule has 1 N–H and O–H groups in total. The monoisotopic (exact) mass is 705 g/mol. The van der Waals surface area contributed by atoms with Crippen molar-refractivity contribution in [2.45, 2.75) is 71.6 Å².